The van der Waals surface area contributed by atoms with E-state index in [0.29, 0.717) is 10.8 Å². The van der Waals surface area contributed by atoms with Crippen LogP contribution in [0.5, 0.6) is 5.75 Å². The Kier molecular flexibility index (Phi) is 2.52. The number of nitrogens with zero attached hydrogens (tertiary/aromatic N) is 1. The lowest BCUT2D eigenvalue weighted by atomic mass is 9.99. The minimum atomic E-state index is -0.0598. The van der Waals surface area contributed by atoms with Crippen LogP contribution in [-0.2, 0) is 0 Å². The number of nitroso groups, excluding NO2 is 1. The minimum absolute atomic E-state index is 0.0598. The quantitative estimate of drug-likeness (QED) is 0.515. The van der Waals surface area contributed by atoms with Crippen molar-refractivity contribution in [3.05, 3.63) is 51.8 Å². The monoisotopic (exact) mass is 301 g/mol. The van der Waals surface area contributed by atoms with E-state index in [2.05, 4.69) is 21.1 Å². The van der Waals surface area contributed by atoms with Gasteiger partial charge < -0.3 is 5.11 Å². The topological polar surface area (TPSA) is 49.7 Å². The van der Waals surface area contributed by atoms with Gasteiger partial charge in [-0.3, -0.25) is 0 Å². The van der Waals surface area contributed by atoms with Gasteiger partial charge in [0.15, 0.2) is 11.4 Å². The van der Waals surface area contributed by atoms with E-state index in [1.54, 1.807) is 12.1 Å². The summed E-state index contributed by atoms with van der Waals surface area (Å²) in [5, 5.41) is 16.2. The van der Waals surface area contributed by atoms with Crippen LogP contribution in [0, 0.1) is 4.91 Å². The molecule has 3 aromatic rings. The van der Waals surface area contributed by atoms with Crippen LogP contribution in [0.1, 0.15) is 0 Å². The number of aromatic hydroxyl groups is 1. The highest BCUT2D eigenvalue weighted by Crippen LogP contribution is 2.43. The van der Waals surface area contributed by atoms with Crippen LogP contribution in [0.4, 0.5) is 5.69 Å². The zero-order valence-electron chi connectivity index (χ0n) is 9.22. The van der Waals surface area contributed by atoms with Crippen LogP contribution in [0.15, 0.2) is 52.1 Å². The molecule has 0 aliphatic carbocycles. The van der Waals surface area contributed by atoms with Crippen LogP contribution in [0.25, 0.3) is 21.5 Å². The predicted octanol–water partition coefficient (Wildman–Crippen LogP) is 4.86. The Morgan fingerprint density at radius 1 is 0.944 bits per heavy atom. The Labute approximate surface area is 111 Å². The number of rotatable bonds is 1. The summed E-state index contributed by atoms with van der Waals surface area (Å²) < 4.78 is 0.919. The summed E-state index contributed by atoms with van der Waals surface area (Å²) in [5.74, 6) is -0.0598. The van der Waals surface area contributed by atoms with E-state index in [1.165, 1.54) is 0 Å². The van der Waals surface area contributed by atoms with Crippen LogP contribution >= 0.6 is 15.9 Å². The molecule has 88 valence electrons. The molecule has 0 saturated heterocycles. The van der Waals surface area contributed by atoms with Crippen molar-refractivity contribution in [3.63, 3.8) is 0 Å². The summed E-state index contributed by atoms with van der Waals surface area (Å²) >= 11 is 3.41. The molecular formula is C14H8BrNO2. The van der Waals surface area contributed by atoms with Gasteiger partial charge in [0.1, 0.15) is 0 Å². The number of phenols is 1. The largest absolute Gasteiger partial charge is 0.505 e. The maximum absolute atomic E-state index is 10.9. The van der Waals surface area contributed by atoms with Gasteiger partial charge in [0.05, 0.1) is 0 Å². The van der Waals surface area contributed by atoms with Crippen molar-refractivity contribution >= 4 is 43.2 Å². The predicted molar refractivity (Wildman–Crippen MR) is 76.3 cm³/mol. The third-order valence-corrected chi connectivity index (χ3v) is 3.52. The molecule has 0 aliphatic heterocycles. The van der Waals surface area contributed by atoms with Crippen molar-refractivity contribution in [2.75, 3.05) is 0 Å². The van der Waals surface area contributed by atoms with E-state index < -0.39 is 0 Å². The zero-order chi connectivity index (χ0) is 12.7. The fraction of sp³-hybridized carbons (Fsp3) is 0. The van der Waals surface area contributed by atoms with Crippen molar-refractivity contribution in [1.82, 2.24) is 0 Å². The smallest absolute Gasteiger partial charge is 0.158 e. The van der Waals surface area contributed by atoms with Gasteiger partial charge in [0, 0.05) is 15.2 Å². The second kappa shape index (κ2) is 4.07. The van der Waals surface area contributed by atoms with Crippen LogP contribution < -0.4 is 0 Å². The molecule has 0 saturated carbocycles. The molecule has 0 spiro atoms. The molecule has 18 heavy (non-hydrogen) atoms. The Bertz CT molecular complexity index is 783. The van der Waals surface area contributed by atoms with Crippen molar-refractivity contribution in [1.29, 1.82) is 0 Å². The molecule has 4 heteroatoms. The molecule has 3 nitrogen and oxygen atoms in total. The molecule has 0 aromatic heterocycles. The van der Waals surface area contributed by atoms with Crippen molar-refractivity contribution in [3.8, 4) is 5.75 Å². The van der Waals surface area contributed by atoms with Gasteiger partial charge in [-0.15, -0.1) is 4.91 Å². The van der Waals surface area contributed by atoms with E-state index in [1.807, 2.05) is 30.3 Å². The number of halogens is 1. The van der Waals surface area contributed by atoms with E-state index in [-0.39, 0.29) is 11.4 Å². The number of phenolic OH excluding ortho intramolecular Hbond substituents is 1. The average molecular weight is 302 g/mol. The summed E-state index contributed by atoms with van der Waals surface area (Å²) in [6.45, 7) is 0. The lowest BCUT2D eigenvalue weighted by Gasteiger charge is -2.09. The molecule has 3 aromatic carbocycles. The molecule has 0 amide bonds. The molecule has 1 N–H and O–H groups in total. The lowest BCUT2D eigenvalue weighted by molar-refractivity contribution is 0.483. The first-order valence-electron chi connectivity index (χ1n) is 5.38. The summed E-state index contributed by atoms with van der Waals surface area (Å²) in [6, 6.07) is 12.9. The minimum Gasteiger partial charge on any atom is -0.505 e. The molecule has 0 aliphatic rings. The third-order valence-electron chi connectivity index (χ3n) is 3.02. The maximum Gasteiger partial charge on any atom is 0.158 e. The van der Waals surface area contributed by atoms with Gasteiger partial charge in [-0.25, -0.2) is 0 Å². The summed E-state index contributed by atoms with van der Waals surface area (Å²) in [5.41, 5.74) is 0.0937. The first kappa shape index (κ1) is 11.2. The van der Waals surface area contributed by atoms with Gasteiger partial charge in [-0.2, -0.15) is 0 Å². The maximum atomic E-state index is 10.9. The second-order valence-electron chi connectivity index (χ2n) is 4.02. The van der Waals surface area contributed by atoms with Gasteiger partial charge in [0.2, 0.25) is 0 Å². The van der Waals surface area contributed by atoms with Gasteiger partial charge >= 0.3 is 0 Å². The van der Waals surface area contributed by atoms with E-state index in [9.17, 15) is 10.0 Å². The number of benzene rings is 3. The molecule has 3 rings (SSSR count). The normalized spacial score (nSPS) is 10.9. The van der Waals surface area contributed by atoms with Crippen molar-refractivity contribution < 1.29 is 5.11 Å². The fourth-order valence-corrected chi connectivity index (χ4v) is 2.58. The van der Waals surface area contributed by atoms with Crippen LogP contribution in [0.3, 0.4) is 0 Å². The lowest BCUT2D eigenvalue weighted by Crippen LogP contribution is -1.81. The molecular weight excluding hydrogens is 294 g/mol. The van der Waals surface area contributed by atoms with E-state index in [0.717, 1.165) is 15.2 Å². The molecule has 0 unspecified atom stereocenters. The standard InChI is InChI=1S/C14H8BrNO2/c15-8-5-6-10-12(7-8)9-3-1-2-4-11(9)14(17)13(10)16-18/h1-7,17H. The third kappa shape index (κ3) is 1.49. The number of hydrogen-bond donors (Lipinski definition) is 1. The Hall–Kier alpha value is -1.94. The highest BCUT2D eigenvalue weighted by atomic mass is 79.9. The summed E-state index contributed by atoms with van der Waals surface area (Å²) in [4.78, 5) is 10.9. The first-order valence-corrected chi connectivity index (χ1v) is 6.18. The Balaban J connectivity index is 2.67. The molecule has 0 heterocycles. The first-order chi connectivity index (χ1) is 8.72. The van der Waals surface area contributed by atoms with Crippen LogP contribution in [0.2, 0.25) is 0 Å². The summed E-state index contributed by atoms with van der Waals surface area (Å²) in [7, 11) is 0. The number of hydrogen-bond acceptors (Lipinski definition) is 3. The molecule has 0 bridgehead atoms. The van der Waals surface area contributed by atoms with Crippen molar-refractivity contribution in [2.45, 2.75) is 0 Å². The second-order valence-corrected chi connectivity index (χ2v) is 4.94. The average Bonchev–Trinajstić information content (AvgIpc) is 2.40. The SMILES string of the molecule is O=Nc1c(O)c2ccccc2c2cc(Br)ccc12. The summed E-state index contributed by atoms with van der Waals surface area (Å²) in [6.07, 6.45) is 0. The molecule has 0 atom stereocenters. The Morgan fingerprint density at radius 3 is 2.39 bits per heavy atom. The zero-order valence-corrected chi connectivity index (χ0v) is 10.8. The fourth-order valence-electron chi connectivity index (χ4n) is 2.22. The highest BCUT2D eigenvalue weighted by molar-refractivity contribution is 9.10. The van der Waals surface area contributed by atoms with E-state index in [4.69, 9.17) is 0 Å². The van der Waals surface area contributed by atoms with Crippen LogP contribution in [-0.4, -0.2) is 5.11 Å². The van der Waals surface area contributed by atoms with E-state index >= 15 is 0 Å². The van der Waals surface area contributed by atoms with Gasteiger partial charge in [0.25, 0.3) is 0 Å². The highest BCUT2D eigenvalue weighted by Gasteiger charge is 2.14. The van der Waals surface area contributed by atoms with Gasteiger partial charge in [-0.1, -0.05) is 46.3 Å². The van der Waals surface area contributed by atoms with Crippen molar-refractivity contribution in [2.24, 2.45) is 5.18 Å². The molecule has 0 radical (unpaired) electrons. The molecule has 0 fully saturated rings. The van der Waals surface area contributed by atoms with Gasteiger partial charge in [-0.05, 0) is 28.1 Å². The Morgan fingerprint density at radius 2 is 1.67 bits per heavy atom. The number of fused-ring (bicyclic) bond motifs is 3.